The number of carboxylic acids is 1. The van der Waals surface area contributed by atoms with Gasteiger partial charge in [-0.25, -0.2) is 4.79 Å². The summed E-state index contributed by atoms with van der Waals surface area (Å²) in [7, 11) is 0. The Kier molecular flexibility index (Phi) is 5.95. The molecule has 0 unspecified atom stereocenters. The number of carboxylic acid groups (broad SMARTS) is 1. The fourth-order valence-electron chi connectivity index (χ4n) is 3.58. The molecule has 156 valence electrons. The van der Waals surface area contributed by atoms with Crippen LogP contribution in [-0.2, 0) is 0 Å². The summed E-state index contributed by atoms with van der Waals surface area (Å²) in [6.07, 6.45) is 1.53. The normalized spacial score (nSPS) is 14.8. The number of halogens is 3. The zero-order valence-electron chi connectivity index (χ0n) is 15.6. The summed E-state index contributed by atoms with van der Waals surface area (Å²) < 4.78 is 6.08. The number of hydrogen-bond donors (Lipinski definition) is 2. The Morgan fingerprint density at radius 1 is 1.17 bits per heavy atom. The number of nitrogens with zero attached hydrogens (tertiary/aromatic N) is 1. The first-order valence-corrected chi connectivity index (χ1v) is 10.8. The molecule has 0 radical (unpaired) electrons. The maximum absolute atomic E-state index is 12.8. The van der Waals surface area contributed by atoms with E-state index in [0.717, 1.165) is 23.0 Å². The first-order chi connectivity index (χ1) is 14.3. The Hall–Kier alpha value is -2.22. The summed E-state index contributed by atoms with van der Waals surface area (Å²) in [6.45, 7) is 1.18. The second kappa shape index (κ2) is 8.49. The molecule has 1 aliphatic rings. The topological polar surface area (TPSA) is 82.8 Å². The number of furan rings is 1. The third-order valence-electron chi connectivity index (χ3n) is 5.17. The largest absolute Gasteiger partial charge is 0.475 e. The highest BCUT2D eigenvalue weighted by Crippen LogP contribution is 2.35. The maximum Gasteiger partial charge on any atom is 0.371 e. The van der Waals surface area contributed by atoms with E-state index in [1.807, 2.05) is 6.07 Å². The van der Waals surface area contributed by atoms with Crippen LogP contribution in [0.3, 0.4) is 0 Å². The fourth-order valence-corrected chi connectivity index (χ4v) is 4.52. The highest BCUT2D eigenvalue weighted by Gasteiger charge is 2.26. The van der Waals surface area contributed by atoms with Gasteiger partial charge in [-0.2, -0.15) is 0 Å². The summed E-state index contributed by atoms with van der Waals surface area (Å²) in [6, 6.07) is 10.3. The van der Waals surface area contributed by atoms with Crippen LogP contribution in [0.5, 0.6) is 0 Å². The van der Waals surface area contributed by atoms with Gasteiger partial charge >= 0.3 is 5.97 Å². The number of anilines is 1. The summed E-state index contributed by atoms with van der Waals surface area (Å²) in [5, 5.41) is 13.9. The average Bonchev–Trinajstić information content (AvgIpc) is 3.18. The zero-order valence-corrected chi connectivity index (χ0v) is 18.7. The predicted molar refractivity (Wildman–Crippen MR) is 120 cm³/mol. The Labute approximate surface area is 190 Å². The molecular formula is C21H17BrCl2N2O4. The molecule has 1 aliphatic heterocycles. The number of fused-ring (bicyclic) bond motifs is 1. The molecule has 0 atom stereocenters. The number of amides is 1. The molecule has 1 saturated heterocycles. The van der Waals surface area contributed by atoms with Crippen LogP contribution in [0.1, 0.15) is 33.8 Å². The Bertz CT molecular complexity index is 1140. The number of piperidine rings is 1. The monoisotopic (exact) mass is 510 g/mol. The van der Waals surface area contributed by atoms with Crippen molar-refractivity contribution in [3.63, 3.8) is 0 Å². The molecule has 3 aromatic rings. The van der Waals surface area contributed by atoms with Crippen molar-refractivity contribution in [2.45, 2.75) is 18.9 Å². The molecule has 0 saturated carbocycles. The molecule has 6 nitrogen and oxygen atoms in total. The van der Waals surface area contributed by atoms with Crippen molar-refractivity contribution >= 4 is 67.7 Å². The molecule has 0 spiro atoms. The van der Waals surface area contributed by atoms with E-state index < -0.39 is 5.97 Å². The lowest BCUT2D eigenvalue weighted by atomic mass is 10.0. The minimum absolute atomic E-state index is 0.102. The van der Waals surface area contributed by atoms with Crippen LogP contribution in [0.15, 0.2) is 45.3 Å². The van der Waals surface area contributed by atoms with Crippen molar-refractivity contribution < 1.29 is 19.1 Å². The van der Waals surface area contributed by atoms with Crippen LogP contribution in [0.2, 0.25) is 10.0 Å². The fraction of sp³-hybridized carbons (Fsp3) is 0.238. The number of aromatic carboxylic acids is 1. The van der Waals surface area contributed by atoms with E-state index in [1.165, 1.54) is 6.07 Å². The maximum atomic E-state index is 12.8. The van der Waals surface area contributed by atoms with Gasteiger partial charge in [-0.15, -0.1) is 0 Å². The molecule has 4 rings (SSSR count). The molecule has 0 aliphatic carbocycles. The van der Waals surface area contributed by atoms with E-state index in [9.17, 15) is 9.59 Å². The summed E-state index contributed by atoms with van der Waals surface area (Å²) in [5.41, 5.74) is 1.77. The van der Waals surface area contributed by atoms with Crippen LogP contribution in [-0.4, -0.2) is 41.0 Å². The molecule has 2 heterocycles. The van der Waals surface area contributed by atoms with Crippen molar-refractivity contribution in [1.29, 1.82) is 0 Å². The Morgan fingerprint density at radius 3 is 2.60 bits per heavy atom. The minimum Gasteiger partial charge on any atom is -0.475 e. The van der Waals surface area contributed by atoms with Gasteiger partial charge in [-0.3, -0.25) is 4.79 Å². The van der Waals surface area contributed by atoms with E-state index in [-0.39, 0.29) is 22.7 Å². The molecule has 2 N–H and O–H groups in total. The molecule has 0 bridgehead atoms. The Morgan fingerprint density at radius 2 is 1.90 bits per heavy atom. The summed E-state index contributed by atoms with van der Waals surface area (Å²) in [5.74, 6) is -1.33. The van der Waals surface area contributed by atoms with Crippen molar-refractivity contribution in [2.24, 2.45) is 0 Å². The van der Waals surface area contributed by atoms with Crippen molar-refractivity contribution in [3.05, 3.63) is 62.2 Å². The van der Waals surface area contributed by atoms with E-state index in [0.29, 0.717) is 34.6 Å². The van der Waals surface area contributed by atoms with E-state index in [1.54, 1.807) is 29.2 Å². The van der Waals surface area contributed by atoms with Gasteiger partial charge in [-0.1, -0.05) is 29.3 Å². The molecular weight excluding hydrogens is 495 g/mol. The standard InChI is InChI=1S/C21H17BrCl2N2O4/c22-18-13-10-17(21(28)29)30-16(13)5-4-15(18)25-11-6-8-26(9-7-11)20(27)12-2-1-3-14(23)19(12)24/h1-5,10-11,25H,6-9H2,(H,28,29). The Balaban J connectivity index is 1.44. The number of carbonyl (C=O) groups excluding carboxylic acids is 1. The number of nitrogens with one attached hydrogen (secondary N) is 1. The number of carbonyl (C=O) groups is 2. The first kappa shape index (κ1) is 21.0. The van der Waals surface area contributed by atoms with Gasteiger partial charge in [-0.05, 0) is 53.0 Å². The third kappa shape index (κ3) is 4.02. The zero-order chi connectivity index (χ0) is 21.4. The van der Waals surface area contributed by atoms with Gasteiger partial charge in [0, 0.05) is 36.3 Å². The van der Waals surface area contributed by atoms with E-state index >= 15 is 0 Å². The van der Waals surface area contributed by atoms with Gasteiger partial charge in [0.25, 0.3) is 5.91 Å². The third-order valence-corrected chi connectivity index (χ3v) is 6.84. The predicted octanol–water partition coefficient (Wildman–Crippen LogP) is 5.92. The molecule has 1 aromatic heterocycles. The van der Waals surface area contributed by atoms with Crippen LogP contribution in [0.4, 0.5) is 5.69 Å². The first-order valence-electron chi connectivity index (χ1n) is 9.30. The van der Waals surface area contributed by atoms with Gasteiger partial charge in [0.15, 0.2) is 0 Å². The SMILES string of the molecule is O=C(O)c1cc2c(Br)c(NC3CCN(C(=O)c4cccc(Cl)c4Cl)CC3)ccc2o1. The summed E-state index contributed by atoms with van der Waals surface area (Å²) in [4.78, 5) is 25.7. The number of rotatable bonds is 4. The number of benzene rings is 2. The van der Waals surface area contributed by atoms with Crippen LogP contribution < -0.4 is 5.32 Å². The summed E-state index contributed by atoms with van der Waals surface area (Å²) >= 11 is 15.8. The van der Waals surface area contributed by atoms with Crippen LogP contribution in [0, 0.1) is 0 Å². The smallest absolute Gasteiger partial charge is 0.371 e. The van der Waals surface area contributed by atoms with Crippen LogP contribution in [0.25, 0.3) is 11.0 Å². The van der Waals surface area contributed by atoms with Gasteiger partial charge in [0.05, 0.1) is 20.1 Å². The van der Waals surface area contributed by atoms with Gasteiger partial charge < -0.3 is 19.7 Å². The highest BCUT2D eigenvalue weighted by atomic mass is 79.9. The second-order valence-electron chi connectivity index (χ2n) is 7.07. The lowest BCUT2D eigenvalue weighted by Crippen LogP contribution is -2.42. The van der Waals surface area contributed by atoms with E-state index in [2.05, 4.69) is 21.2 Å². The highest BCUT2D eigenvalue weighted by molar-refractivity contribution is 9.10. The minimum atomic E-state index is -1.11. The van der Waals surface area contributed by atoms with Crippen LogP contribution >= 0.6 is 39.1 Å². The second-order valence-corrected chi connectivity index (χ2v) is 8.65. The average molecular weight is 512 g/mol. The number of hydrogen-bond acceptors (Lipinski definition) is 4. The van der Waals surface area contributed by atoms with Crippen molar-refractivity contribution in [3.8, 4) is 0 Å². The molecule has 2 aromatic carbocycles. The lowest BCUT2D eigenvalue weighted by molar-refractivity contribution is 0.0663. The molecule has 1 fully saturated rings. The molecule has 30 heavy (non-hydrogen) atoms. The number of likely N-dealkylation sites (tertiary alicyclic amines) is 1. The van der Waals surface area contributed by atoms with Crippen molar-refractivity contribution in [1.82, 2.24) is 4.90 Å². The molecule has 1 amide bonds. The van der Waals surface area contributed by atoms with Crippen molar-refractivity contribution in [2.75, 3.05) is 18.4 Å². The lowest BCUT2D eigenvalue weighted by Gasteiger charge is -2.33. The van der Waals surface area contributed by atoms with Gasteiger partial charge in [0.1, 0.15) is 5.58 Å². The molecule has 9 heteroatoms. The van der Waals surface area contributed by atoms with Gasteiger partial charge in [0.2, 0.25) is 5.76 Å². The van der Waals surface area contributed by atoms with E-state index in [4.69, 9.17) is 32.7 Å². The quantitative estimate of drug-likeness (QED) is 0.454.